The van der Waals surface area contributed by atoms with E-state index in [1.54, 1.807) is 65.6 Å². The third-order valence-corrected chi connectivity index (χ3v) is 6.04. The van der Waals surface area contributed by atoms with Crippen molar-refractivity contribution in [1.82, 2.24) is 0 Å². The van der Waals surface area contributed by atoms with Gasteiger partial charge in [-0.15, -0.1) is 0 Å². The number of amidine groups is 1. The minimum absolute atomic E-state index is 0.0813. The van der Waals surface area contributed by atoms with Gasteiger partial charge in [0.1, 0.15) is 5.84 Å². The molecule has 4 aromatic carbocycles. The molecule has 0 saturated heterocycles. The molecule has 8 heteroatoms. The summed E-state index contributed by atoms with van der Waals surface area (Å²) in [7, 11) is 0. The molecule has 0 heterocycles. The van der Waals surface area contributed by atoms with Crippen molar-refractivity contribution >= 4 is 35.0 Å². The molecule has 38 heavy (non-hydrogen) atoms. The summed E-state index contributed by atoms with van der Waals surface area (Å²) < 4.78 is 0. The minimum Gasteiger partial charge on any atom is -0.478 e. The molecule has 0 aliphatic rings. The molecule has 0 aliphatic carbocycles. The van der Waals surface area contributed by atoms with E-state index in [1.165, 1.54) is 6.07 Å². The molecule has 0 radical (unpaired) electrons. The number of nitrogens with one attached hydrogen (secondary N) is 2. The highest BCUT2D eigenvalue weighted by atomic mass is 16.4. The maximum atomic E-state index is 13.3. The number of carbonyl (C=O) groups excluding carboxylic acids is 2. The van der Waals surface area contributed by atoms with E-state index in [1.807, 2.05) is 37.3 Å². The highest BCUT2D eigenvalue weighted by Crippen LogP contribution is 2.30. The number of nitrogens with two attached hydrogens (primary N) is 1. The first-order valence-electron chi connectivity index (χ1n) is 11.9. The first-order chi connectivity index (χ1) is 18.3. The molecule has 0 aromatic heterocycles. The van der Waals surface area contributed by atoms with E-state index in [9.17, 15) is 19.5 Å². The van der Waals surface area contributed by atoms with Crippen LogP contribution in [0.4, 0.5) is 11.4 Å². The van der Waals surface area contributed by atoms with Crippen LogP contribution in [-0.4, -0.2) is 35.3 Å². The quantitative estimate of drug-likeness (QED) is 0.191. The molecular weight excluding hydrogens is 480 g/mol. The Bertz CT molecular complexity index is 1520. The lowest BCUT2D eigenvalue weighted by Crippen LogP contribution is -2.30. The summed E-state index contributed by atoms with van der Waals surface area (Å²) >= 11 is 0. The second-order valence-corrected chi connectivity index (χ2v) is 8.44. The van der Waals surface area contributed by atoms with Crippen molar-refractivity contribution in [2.75, 3.05) is 16.8 Å². The molecule has 0 saturated carbocycles. The van der Waals surface area contributed by atoms with Crippen LogP contribution in [0.1, 0.15) is 43.6 Å². The Morgan fingerprint density at radius 2 is 1.42 bits per heavy atom. The molecule has 4 rings (SSSR count). The van der Waals surface area contributed by atoms with Crippen LogP contribution in [0.2, 0.25) is 0 Å². The predicted octanol–water partition coefficient (Wildman–Crippen LogP) is 5.25. The van der Waals surface area contributed by atoms with E-state index in [2.05, 4.69) is 5.32 Å². The fraction of sp³-hybridized carbons (Fsp3) is 0.0667. The minimum atomic E-state index is -1.22. The molecule has 0 unspecified atom stereocenters. The molecule has 0 spiro atoms. The van der Waals surface area contributed by atoms with E-state index in [0.717, 1.165) is 0 Å². The van der Waals surface area contributed by atoms with E-state index in [-0.39, 0.29) is 28.4 Å². The number of benzene rings is 4. The Morgan fingerprint density at radius 1 is 0.816 bits per heavy atom. The Kier molecular flexibility index (Phi) is 7.63. The third kappa shape index (κ3) is 5.44. The molecule has 5 N–H and O–H groups in total. The van der Waals surface area contributed by atoms with Crippen LogP contribution in [0.5, 0.6) is 0 Å². The van der Waals surface area contributed by atoms with Crippen LogP contribution in [0, 0.1) is 5.41 Å². The highest BCUT2D eigenvalue weighted by molar-refractivity contribution is 6.12. The lowest BCUT2D eigenvalue weighted by molar-refractivity contribution is 0.0697. The highest BCUT2D eigenvalue weighted by Gasteiger charge is 2.22. The zero-order valence-electron chi connectivity index (χ0n) is 20.6. The summed E-state index contributed by atoms with van der Waals surface area (Å²) in [6.07, 6.45) is 0. The molecule has 190 valence electrons. The summed E-state index contributed by atoms with van der Waals surface area (Å²) in [5.74, 6) is -2.06. The number of para-hydroxylation sites is 1. The second-order valence-electron chi connectivity index (χ2n) is 8.44. The molecule has 0 fully saturated rings. The topological polar surface area (TPSA) is 137 Å². The number of amides is 2. The maximum Gasteiger partial charge on any atom is 0.336 e. The zero-order valence-corrected chi connectivity index (χ0v) is 20.6. The van der Waals surface area contributed by atoms with Gasteiger partial charge >= 0.3 is 5.97 Å². The molecule has 4 aromatic rings. The number of carbonyl (C=O) groups is 3. The predicted molar refractivity (Wildman–Crippen MR) is 148 cm³/mol. The monoisotopic (exact) mass is 506 g/mol. The van der Waals surface area contributed by atoms with Gasteiger partial charge in [-0.2, -0.15) is 0 Å². The van der Waals surface area contributed by atoms with E-state index < -0.39 is 11.9 Å². The van der Waals surface area contributed by atoms with Gasteiger partial charge in [0, 0.05) is 34.6 Å². The smallest absolute Gasteiger partial charge is 0.336 e. The van der Waals surface area contributed by atoms with Crippen LogP contribution in [0.3, 0.4) is 0 Å². The number of carboxylic acids is 1. The van der Waals surface area contributed by atoms with Gasteiger partial charge in [0.2, 0.25) is 0 Å². The molecule has 2 amide bonds. The number of carboxylic acid groups (broad SMARTS) is 1. The van der Waals surface area contributed by atoms with E-state index >= 15 is 0 Å². The van der Waals surface area contributed by atoms with Gasteiger partial charge in [0.15, 0.2) is 0 Å². The first kappa shape index (κ1) is 25.8. The molecular formula is C30H26N4O4. The number of hydrogen-bond acceptors (Lipinski definition) is 4. The van der Waals surface area contributed by atoms with Crippen molar-refractivity contribution in [2.24, 2.45) is 5.73 Å². The summed E-state index contributed by atoms with van der Waals surface area (Å²) in [5.41, 5.74) is 8.35. The van der Waals surface area contributed by atoms with Gasteiger partial charge in [0.05, 0.1) is 5.56 Å². The van der Waals surface area contributed by atoms with Crippen molar-refractivity contribution in [1.29, 1.82) is 5.41 Å². The number of rotatable bonds is 8. The first-order valence-corrected chi connectivity index (χ1v) is 11.9. The van der Waals surface area contributed by atoms with Crippen molar-refractivity contribution in [3.05, 3.63) is 119 Å². The van der Waals surface area contributed by atoms with Crippen LogP contribution in [0.15, 0.2) is 97.1 Å². The Balaban J connectivity index is 1.69. The SMILES string of the molecule is CCN(C(=O)c1ccc(-c2ccccc2C(=O)Nc2ccc(C(=N)N)cc2)c(C(=O)O)c1)c1ccccc1. The van der Waals surface area contributed by atoms with Gasteiger partial charge in [-0.3, -0.25) is 15.0 Å². The normalized spacial score (nSPS) is 10.4. The summed E-state index contributed by atoms with van der Waals surface area (Å²) in [6, 6.07) is 26.8. The molecule has 0 atom stereocenters. The third-order valence-electron chi connectivity index (χ3n) is 6.04. The number of aromatic carboxylic acids is 1. The van der Waals surface area contributed by atoms with Crippen LogP contribution < -0.4 is 16.0 Å². The second kappa shape index (κ2) is 11.2. The van der Waals surface area contributed by atoms with Crippen molar-refractivity contribution in [2.45, 2.75) is 6.92 Å². The number of nitrogen functional groups attached to an aromatic ring is 1. The molecule has 0 aliphatic heterocycles. The average molecular weight is 507 g/mol. The van der Waals surface area contributed by atoms with E-state index in [0.29, 0.717) is 34.6 Å². The molecule has 8 nitrogen and oxygen atoms in total. The van der Waals surface area contributed by atoms with Gasteiger partial charge in [-0.1, -0.05) is 42.5 Å². The van der Waals surface area contributed by atoms with Crippen LogP contribution >= 0.6 is 0 Å². The Morgan fingerprint density at radius 3 is 2.05 bits per heavy atom. The lowest BCUT2D eigenvalue weighted by atomic mass is 9.93. The standard InChI is InChI=1S/C30H26N4O4/c1-2-34(22-8-4-3-5-9-22)29(36)20-14-17-24(26(18-20)30(37)38)23-10-6-7-11-25(23)28(35)33-21-15-12-19(13-16-21)27(31)32/h3-18H,2H2,1H3,(H3,31,32)(H,33,35)(H,37,38). The van der Waals surface area contributed by atoms with Crippen LogP contribution in [-0.2, 0) is 0 Å². The van der Waals surface area contributed by atoms with Gasteiger partial charge < -0.3 is 21.1 Å². The average Bonchev–Trinajstić information content (AvgIpc) is 2.94. The van der Waals surface area contributed by atoms with Crippen molar-refractivity contribution in [3.8, 4) is 11.1 Å². The van der Waals surface area contributed by atoms with Gasteiger partial charge in [0.25, 0.3) is 11.8 Å². The maximum absolute atomic E-state index is 13.3. The van der Waals surface area contributed by atoms with Crippen molar-refractivity contribution < 1.29 is 19.5 Å². The fourth-order valence-electron chi connectivity index (χ4n) is 4.14. The summed E-state index contributed by atoms with van der Waals surface area (Å²) in [4.78, 5) is 40.3. The summed E-state index contributed by atoms with van der Waals surface area (Å²) in [5, 5.41) is 20.3. The fourth-order valence-corrected chi connectivity index (χ4v) is 4.14. The largest absolute Gasteiger partial charge is 0.478 e. The summed E-state index contributed by atoms with van der Waals surface area (Å²) in [6.45, 7) is 2.25. The number of anilines is 2. The number of nitrogens with zero attached hydrogens (tertiary/aromatic N) is 1. The number of hydrogen-bond donors (Lipinski definition) is 4. The molecule has 0 bridgehead atoms. The van der Waals surface area contributed by atoms with Crippen LogP contribution in [0.25, 0.3) is 11.1 Å². The van der Waals surface area contributed by atoms with Gasteiger partial charge in [-0.25, -0.2) is 4.79 Å². The lowest BCUT2D eigenvalue weighted by Gasteiger charge is -2.21. The van der Waals surface area contributed by atoms with Crippen molar-refractivity contribution in [3.63, 3.8) is 0 Å². The Labute approximate surface area is 219 Å². The zero-order chi connectivity index (χ0) is 27.2. The van der Waals surface area contributed by atoms with E-state index in [4.69, 9.17) is 11.1 Å². The Hall–Kier alpha value is -5.24. The van der Waals surface area contributed by atoms with Gasteiger partial charge in [-0.05, 0) is 72.6 Å².